The number of ether oxygens (including phenoxy) is 1. The molecule has 104 valence electrons. The van der Waals surface area contributed by atoms with E-state index in [0.29, 0.717) is 31.0 Å². The van der Waals surface area contributed by atoms with Crippen molar-refractivity contribution < 1.29 is 13.9 Å². The Hall–Kier alpha value is -1.62. The van der Waals surface area contributed by atoms with E-state index in [1.807, 2.05) is 6.92 Å². The Labute approximate surface area is 112 Å². The molecule has 1 amide bonds. The van der Waals surface area contributed by atoms with Crippen molar-refractivity contribution in [1.29, 1.82) is 0 Å². The Morgan fingerprint density at radius 3 is 3.00 bits per heavy atom. The Morgan fingerprint density at radius 1 is 1.58 bits per heavy atom. The number of rotatable bonds is 2. The minimum atomic E-state index is -0.486. The monoisotopic (exact) mass is 266 g/mol. The molecule has 0 radical (unpaired) electrons. The summed E-state index contributed by atoms with van der Waals surface area (Å²) in [6.07, 6.45) is 0.786. The lowest BCUT2D eigenvalue weighted by Crippen LogP contribution is -2.48. The Bertz CT molecular complexity index is 491. The predicted octanol–water partition coefficient (Wildman–Crippen LogP) is 1.97. The van der Waals surface area contributed by atoms with Gasteiger partial charge in [-0.05, 0) is 31.0 Å². The molecule has 1 heterocycles. The number of benzene rings is 1. The third-order valence-electron chi connectivity index (χ3n) is 3.47. The average Bonchev–Trinajstić information content (AvgIpc) is 2.42. The molecule has 1 aromatic carbocycles. The number of nitrogens with two attached hydrogens (primary N) is 1. The van der Waals surface area contributed by atoms with Crippen molar-refractivity contribution in [1.82, 2.24) is 4.90 Å². The van der Waals surface area contributed by atoms with Crippen LogP contribution in [0.15, 0.2) is 12.1 Å². The number of amides is 1. The number of carbonyl (C=O) groups is 1. The zero-order valence-electron chi connectivity index (χ0n) is 11.3. The van der Waals surface area contributed by atoms with Crippen molar-refractivity contribution in [3.8, 4) is 0 Å². The first kappa shape index (κ1) is 13.8. The SMILES string of the molecule is CCC1COCCN1C(=O)c1cc(N)cc(C)c1F. The lowest BCUT2D eigenvalue weighted by Gasteiger charge is -2.35. The molecule has 5 heteroatoms. The maximum absolute atomic E-state index is 14.1. The van der Waals surface area contributed by atoms with Crippen molar-refractivity contribution in [3.05, 3.63) is 29.1 Å². The van der Waals surface area contributed by atoms with Crippen LogP contribution in [0.1, 0.15) is 29.3 Å². The summed E-state index contributed by atoms with van der Waals surface area (Å²) in [5.74, 6) is -0.788. The molecule has 0 bridgehead atoms. The number of aryl methyl sites for hydroxylation is 1. The van der Waals surface area contributed by atoms with Gasteiger partial charge in [-0.1, -0.05) is 6.92 Å². The molecule has 1 aliphatic heterocycles. The van der Waals surface area contributed by atoms with E-state index in [9.17, 15) is 9.18 Å². The summed E-state index contributed by atoms with van der Waals surface area (Å²) in [6, 6.07) is 2.94. The lowest BCUT2D eigenvalue weighted by molar-refractivity contribution is -0.00303. The summed E-state index contributed by atoms with van der Waals surface area (Å²) < 4.78 is 19.4. The van der Waals surface area contributed by atoms with Crippen molar-refractivity contribution in [2.24, 2.45) is 0 Å². The van der Waals surface area contributed by atoms with Crippen LogP contribution < -0.4 is 5.73 Å². The zero-order valence-corrected chi connectivity index (χ0v) is 11.3. The first-order valence-electron chi connectivity index (χ1n) is 6.49. The van der Waals surface area contributed by atoms with E-state index < -0.39 is 5.82 Å². The number of nitrogens with zero attached hydrogens (tertiary/aromatic N) is 1. The second-order valence-electron chi connectivity index (χ2n) is 4.83. The third kappa shape index (κ3) is 2.71. The fraction of sp³-hybridized carbons (Fsp3) is 0.500. The first-order chi connectivity index (χ1) is 9.04. The van der Waals surface area contributed by atoms with Crippen LogP contribution in [-0.4, -0.2) is 36.6 Å². The normalized spacial score (nSPS) is 19.5. The number of nitrogen functional groups attached to an aromatic ring is 1. The topological polar surface area (TPSA) is 55.6 Å². The van der Waals surface area contributed by atoms with Crippen LogP contribution in [-0.2, 0) is 4.74 Å². The fourth-order valence-corrected chi connectivity index (χ4v) is 2.37. The second-order valence-corrected chi connectivity index (χ2v) is 4.83. The molecular weight excluding hydrogens is 247 g/mol. The molecule has 1 unspecified atom stereocenters. The molecule has 19 heavy (non-hydrogen) atoms. The summed E-state index contributed by atoms with van der Waals surface area (Å²) in [6.45, 7) is 5.08. The van der Waals surface area contributed by atoms with Gasteiger partial charge in [0.15, 0.2) is 0 Å². The maximum atomic E-state index is 14.1. The minimum Gasteiger partial charge on any atom is -0.399 e. The summed E-state index contributed by atoms with van der Waals surface area (Å²) in [5.41, 5.74) is 6.55. The van der Waals surface area contributed by atoms with Gasteiger partial charge in [0, 0.05) is 12.2 Å². The highest BCUT2D eigenvalue weighted by atomic mass is 19.1. The Kier molecular flexibility index (Phi) is 4.04. The van der Waals surface area contributed by atoms with Gasteiger partial charge < -0.3 is 15.4 Å². The third-order valence-corrected chi connectivity index (χ3v) is 3.47. The van der Waals surface area contributed by atoms with Gasteiger partial charge in [0.05, 0.1) is 24.8 Å². The minimum absolute atomic E-state index is 0.00221. The highest BCUT2D eigenvalue weighted by molar-refractivity contribution is 5.96. The number of halogens is 1. The molecule has 4 nitrogen and oxygen atoms in total. The van der Waals surface area contributed by atoms with E-state index in [1.54, 1.807) is 11.8 Å². The van der Waals surface area contributed by atoms with Crippen molar-refractivity contribution in [3.63, 3.8) is 0 Å². The van der Waals surface area contributed by atoms with Crippen LogP contribution in [0.5, 0.6) is 0 Å². The highest BCUT2D eigenvalue weighted by Crippen LogP contribution is 2.21. The van der Waals surface area contributed by atoms with E-state index in [0.717, 1.165) is 6.42 Å². The van der Waals surface area contributed by atoms with E-state index in [-0.39, 0.29) is 17.5 Å². The maximum Gasteiger partial charge on any atom is 0.257 e. The van der Waals surface area contributed by atoms with Gasteiger partial charge in [-0.2, -0.15) is 0 Å². The molecule has 2 N–H and O–H groups in total. The summed E-state index contributed by atoms with van der Waals surface area (Å²) in [7, 11) is 0. The van der Waals surface area contributed by atoms with Crippen LogP contribution in [0.4, 0.5) is 10.1 Å². The average molecular weight is 266 g/mol. The van der Waals surface area contributed by atoms with E-state index in [4.69, 9.17) is 10.5 Å². The molecule has 0 spiro atoms. The Balaban J connectivity index is 2.33. The molecule has 1 atom stereocenters. The van der Waals surface area contributed by atoms with Gasteiger partial charge in [0.25, 0.3) is 5.91 Å². The number of anilines is 1. The predicted molar refractivity (Wildman–Crippen MR) is 71.5 cm³/mol. The van der Waals surface area contributed by atoms with Gasteiger partial charge in [0.2, 0.25) is 0 Å². The van der Waals surface area contributed by atoms with Crippen molar-refractivity contribution in [2.45, 2.75) is 26.3 Å². The summed E-state index contributed by atoms with van der Waals surface area (Å²) in [4.78, 5) is 14.2. The lowest BCUT2D eigenvalue weighted by atomic mass is 10.1. The van der Waals surface area contributed by atoms with Gasteiger partial charge in [-0.15, -0.1) is 0 Å². The molecule has 2 rings (SSSR count). The van der Waals surface area contributed by atoms with Crippen molar-refractivity contribution >= 4 is 11.6 Å². The van der Waals surface area contributed by atoms with Crippen LogP contribution >= 0.6 is 0 Å². The molecule has 1 saturated heterocycles. The van der Waals surface area contributed by atoms with Crippen LogP contribution in [0.3, 0.4) is 0 Å². The quantitative estimate of drug-likeness (QED) is 0.833. The number of hydrogen-bond acceptors (Lipinski definition) is 3. The standard InChI is InChI=1S/C14H19FN2O2/c1-3-11-8-19-5-4-17(11)14(18)12-7-10(16)6-9(2)13(12)15/h6-7,11H,3-5,8,16H2,1-2H3. The Morgan fingerprint density at radius 2 is 2.32 bits per heavy atom. The first-order valence-corrected chi connectivity index (χ1v) is 6.49. The van der Waals surface area contributed by atoms with Crippen LogP contribution in [0.25, 0.3) is 0 Å². The van der Waals surface area contributed by atoms with Crippen LogP contribution in [0, 0.1) is 12.7 Å². The van der Waals surface area contributed by atoms with Crippen LogP contribution in [0.2, 0.25) is 0 Å². The van der Waals surface area contributed by atoms with Gasteiger partial charge >= 0.3 is 0 Å². The summed E-state index contributed by atoms with van der Waals surface area (Å²) in [5, 5.41) is 0. The number of carbonyl (C=O) groups excluding carboxylic acids is 1. The molecule has 0 saturated carbocycles. The van der Waals surface area contributed by atoms with Gasteiger partial charge in [-0.25, -0.2) is 4.39 Å². The molecule has 0 aliphatic carbocycles. The van der Waals surface area contributed by atoms with E-state index >= 15 is 0 Å². The smallest absolute Gasteiger partial charge is 0.257 e. The fourth-order valence-electron chi connectivity index (χ4n) is 2.37. The summed E-state index contributed by atoms with van der Waals surface area (Å²) >= 11 is 0. The zero-order chi connectivity index (χ0) is 14.0. The molecule has 0 aromatic heterocycles. The second kappa shape index (κ2) is 5.57. The van der Waals surface area contributed by atoms with E-state index in [2.05, 4.69) is 0 Å². The molecule has 1 aliphatic rings. The highest BCUT2D eigenvalue weighted by Gasteiger charge is 2.28. The number of morpholine rings is 1. The van der Waals surface area contributed by atoms with E-state index in [1.165, 1.54) is 12.1 Å². The molecule has 1 aromatic rings. The molecular formula is C14H19FN2O2. The molecule has 1 fully saturated rings. The largest absolute Gasteiger partial charge is 0.399 e. The number of hydrogen-bond donors (Lipinski definition) is 1. The van der Waals surface area contributed by atoms with Crippen molar-refractivity contribution in [2.75, 3.05) is 25.5 Å². The van der Waals surface area contributed by atoms with Gasteiger partial charge in [0.1, 0.15) is 5.82 Å². The van der Waals surface area contributed by atoms with Gasteiger partial charge in [-0.3, -0.25) is 4.79 Å².